The van der Waals surface area contributed by atoms with Crippen LogP contribution in [-0.4, -0.2) is 31.0 Å². The number of carbonyl (C=O) groups excluding carboxylic acids is 3. The van der Waals surface area contributed by atoms with Crippen molar-refractivity contribution >= 4 is 29.2 Å². The van der Waals surface area contributed by atoms with Crippen LogP contribution in [0.15, 0.2) is 48.5 Å². The fourth-order valence-corrected chi connectivity index (χ4v) is 2.31. The van der Waals surface area contributed by atoms with Crippen LogP contribution in [0.3, 0.4) is 0 Å². The third-order valence-electron chi connectivity index (χ3n) is 3.45. The second kappa shape index (κ2) is 9.96. The van der Waals surface area contributed by atoms with Crippen molar-refractivity contribution in [1.29, 1.82) is 0 Å². The molecule has 2 rings (SSSR count). The molecule has 0 fully saturated rings. The highest BCUT2D eigenvalue weighted by Crippen LogP contribution is 2.23. The Bertz CT molecular complexity index is 802. The van der Waals surface area contributed by atoms with Gasteiger partial charge in [-0.25, -0.2) is 0 Å². The molecule has 0 heterocycles. The quantitative estimate of drug-likeness (QED) is 0.697. The molecular formula is C20H22N2O5. The SMILES string of the molecule is CCOc1ccccc1NC(=O)COC(=O)Cc1ccc(NC(C)=O)cc1. The van der Waals surface area contributed by atoms with Crippen LogP contribution in [0.25, 0.3) is 0 Å². The lowest BCUT2D eigenvalue weighted by atomic mass is 10.1. The number of esters is 1. The molecule has 142 valence electrons. The molecule has 0 aliphatic carbocycles. The molecule has 0 bridgehead atoms. The first-order chi connectivity index (χ1) is 13.0. The van der Waals surface area contributed by atoms with Crippen molar-refractivity contribution < 1.29 is 23.9 Å². The van der Waals surface area contributed by atoms with Gasteiger partial charge in [0.05, 0.1) is 18.7 Å². The van der Waals surface area contributed by atoms with Gasteiger partial charge < -0.3 is 20.1 Å². The Morgan fingerprint density at radius 3 is 2.33 bits per heavy atom. The van der Waals surface area contributed by atoms with Crippen molar-refractivity contribution in [3.05, 3.63) is 54.1 Å². The summed E-state index contributed by atoms with van der Waals surface area (Å²) in [5.41, 5.74) is 1.89. The van der Waals surface area contributed by atoms with Crippen LogP contribution in [0.5, 0.6) is 5.75 Å². The van der Waals surface area contributed by atoms with Crippen molar-refractivity contribution in [3.63, 3.8) is 0 Å². The highest BCUT2D eigenvalue weighted by molar-refractivity contribution is 5.94. The summed E-state index contributed by atoms with van der Waals surface area (Å²) in [5.74, 6) is -0.579. The number of benzene rings is 2. The number of carbonyl (C=O) groups is 3. The minimum atomic E-state index is -0.518. The Hall–Kier alpha value is -3.35. The van der Waals surface area contributed by atoms with Crippen molar-refractivity contribution in [2.24, 2.45) is 0 Å². The summed E-state index contributed by atoms with van der Waals surface area (Å²) in [7, 11) is 0. The Morgan fingerprint density at radius 1 is 0.963 bits per heavy atom. The fraction of sp³-hybridized carbons (Fsp3) is 0.250. The minimum Gasteiger partial charge on any atom is -0.492 e. The zero-order valence-electron chi connectivity index (χ0n) is 15.3. The first kappa shape index (κ1) is 20.0. The monoisotopic (exact) mass is 370 g/mol. The van der Waals surface area contributed by atoms with E-state index in [1.165, 1.54) is 6.92 Å². The Morgan fingerprint density at radius 2 is 1.67 bits per heavy atom. The molecule has 0 aromatic heterocycles. The van der Waals surface area contributed by atoms with Gasteiger partial charge in [-0.3, -0.25) is 14.4 Å². The van der Waals surface area contributed by atoms with Gasteiger partial charge in [0, 0.05) is 12.6 Å². The molecule has 27 heavy (non-hydrogen) atoms. The van der Waals surface area contributed by atoms with Crippen LogP contribution in [0.1, 0.15) is 19.4 Å². The zero-order chi connectivity index (χ0) is 19.6. The van der Waals surface area contributed by atoms with Crippen LogP contribution >= 0.6 is 0 Å². The maximum atomic E-state index is 12.0. The highest BCUT2D eigenvalue weighted by atomic mass is 16.5. The third-order valence-corrected chi connectivity index (χ3v) is 3.45. The van der Waals surface area contributed by atoms with E-state index in [2.05, 4.69) is 10.6 Å². The molecule has 7 nitrogen and oxygen atoms in total. The van der Waals surface area contributed by atoms with E-state index in [4.69, 9.17) is 9.47 Å². The largest absolute Gasteiger partial charge is 0.492 e. The summed E-state index contributed by atoms with van der Waals surface area (Å²) >= 11 is 0. The third kappa shape index (κ3) is 6.81. The van der Waals surface area contributed by atoms with Gasteiger partial charge >= 0.3 is 5.97 Å². The summed E-state index contributed by atoms with van der Waals surface area (Å²) in [6, 6.07) is 13.8. The zero-order valence-corrected chi connectivity index (χ0v) is 15.3. The molecule has 0 unspecified atom stereocenters. The number of amides is 2. The van der Waals surface area contributed by atoms with Gasteiger partial charge in [-0.2, -0.15) is 0 Å². The van der Waals surface area contributed by atoms with Gasteiger partial charge in [-0.05, 0) is 36.8 Å². The van der Waals surface area contributed by atoms with E-state index in [9.17, 15) is 14.4 Å². The molecule has 0 aliphatic rings. The summed E-state index contributed by atoms with van der Waals surface area (Å²) in [5, 5.41) is 5.30. The lowest BCUT2D eigenvalue weighted by molar-refractivity contribution is -0.146. The van der Waals surface area contributed by atoms with E-state index < -0.39 is 11.9 Å². The standard InChI is InChI=1S/C20H22N2O5/c1-3-26-18-7-5-4-6-17(18)22-19(24)13-27-20(25)12-15-8-10-16(11-9-15)21-14(2)23/h4-11H,3,12-13H2,1-2H3,(H,21,23)(H,22,24). The lowest BCUT2D eigenvalue weighted by Gasteiger charge is -2.11. The summed E-state index contributed by atoms with van der Waals surface area (Å²) < 4.78 is 10.4. The smallest absolute Gasteiger partial charge is 0.310 e. The number of ether oxygens (including phenoxy) is 2. The molecule has 7 heteroatoms. The predicted molar refractivity (Wildman–Crippen MR) is 102 cm³/mol. The Labute approximate surface area is 157 Å². The second-order valence-corrected chi connectivity index (χ2v) is 5.69. The van der Waals surface area contributed by atoms with Gasteiger partial charge in [-0.15, -0.1) is 0 Å². The molecule has 0 saturated carbocycles. The number of anilines is 2. The number of hydrogen-bond donors (Lipinski definition) is 2. The van der Waals surface area contributed by atoms with Crippen molar-refractivity contribution in [2.75, 3.05) is 23.8 Å². The normalized spacial score (nSPS) is 10.0. The van der Waals surface area contributed by atoms with Crippen LogP contribution in [-0.2, 0) is 25.5 Å². The Balaban J connectivity index is 1.81. The summed E-state index contributed by atoms with van der Waals surface area (Å²) in [4.78, 5) is 34.9. The lowest BCUT2D eigenvalue weighted by Crippen LogP contribution is -2.22. The number of nitrogens with one attached hydrogen (secondary N) is 2. The molecule has 0 spiro atoms. The van der Waals surface area contributed by atoms with Crippen molar-refractivity contribution in [3.8, 4) is 5.75 Å². The summed E-state index contributed by atoms with van der Waals surface area (Å²) in [6.07, 6.45) is 0.0309. The first-order valence-corrected chi connectivity index (χ1v) is 8.51. The number of para-hydroxylation sites is 2. The van der Waals surface area contributed by atoms with Gasteiger partial charge in [0.1, 0.15) is 5.75 Å². The highest BCUT2D eigenvalue weighted by Gasteiger charge is 2.11. The molecule has 0 saturated heterocycles. The molecule has 2 aromatic rings. The fourth-order valence-electron chi connectivity index (χ4n) is 2.31. The van der Waals surface area contributed by atoms with Crippen LogP contribution in [0.4, 0.5) is 11.4 Å². The summed E-state index contributed by atoms with van der Waals surface area (Å²) in [6.45, 7) is 3.36. The van der Waals surface area contributed by atoms with E-state index >= 15 is 0 Å². The van der Waals surface area contributed by atoms with Crippen LogP contribution in [0.2, 0.25) is 0 Å². The van der Waals surface area contributed by atoms with E-state index in [0.29, 0.717) is 23.7 Å². The van der Waals surface area contributed by atoms with Gasteiger partial charge in [0.15, 0.2) is 6.61 Å². The molecule has 0 radical (unpaired) electrons. The second-order valence-electron chi connectivity index (χ2n) is 5.69. The van der Waals surface area contributed by atoms with Gasteiger partial charge in [0.2, 0.25) is 5.91 Å². The molecule has 2 N–H and O–H groups in total. The first-order valence-electron chi connectivity index (χ1n) is 8.51. The molecule has 0 atom stereocenters. The minimum absolute atomic E-state index is 0.0309. The van der Waals surface area contributed by atoms with E-state index in [1.807, 2.05) is 6.92 Å². The maximum absolute atomic E-state index is 12.0. The molecule has 0 aliphatic heterocycles. The Kier molecular flexibility index (Phi) is 7.37. The average molecular weight is 370 g/mol. The number of hydrogen-bond acceptors (Lipinski definition) is 5. The molecule has 2 aromatic carbocycles. The van der Waals surface area contributed by atoms with Crippen molar-refractivity contribution in [1.82, 2.24) is 0 Å². The average Bonchev–Trinajstić information content (AvgIpc) is 2.63. The predicted octanol–water partition coefficient (Wildman–Crippen LogP) is 2.77. The van der Waals surface area contributed by atoms with E-state index in [0.717, 1.165) is 5.56 Å². The number of rotatable bonds is 8. The maximum Gasteiger partial charge on any atom is 0.310 e. The van der Waals surface area contributed by atoms with Gasteiger partial charge in [0.25, 0.3) is 5.91 Å². The topological polar surface area (TPSA) is 93.7 Å². The molecular weight excluding hydrogens is 348 g/mol. The molecule has 2 amide bonds. The van der Waals surface area contributed by atoms with Gasteiger partial charge in [-0.1, -0.05) is 24.3 Å². The van der Waals surface area contributed by atoms with E-state index in [1.54, 1.807) is 48.5 Å². The van der Waals surface area contributed by atoms with Crippen LogP contribution in [0, 0.1) is 0 Å². The van der Waals surface area contributed by atoms with Crippen LogP contribution < -0.4 is 15.4 Å². The van der Waals surface area contributed by atoms with E-state index in [-0.39, 0.29) is 18.9 Å². The van der Waals surface area contributed by atoms with Crippen molar-refractivity contribution in [2.45, 2.75) is 20.3 Å².